The van der Waals surface area contributed by atoms with Gasteiger partial charge in [0.2, 0.25) is 0 Å². The van der Waals surface area contributed by atoms with E-state index in [4.69, 9.17) is 10.2 Å². The summed E-state index contributed by atoms with van der Waals surface area (Å²) < 4.78 is 13.5. The molecule has 0 radical (unpaired) electrons. The van der Waals surface area contributed by atoms with Crippen molar-refractivity contribution in [3.05, 3.63) is 0 Å². The Hall–Kier alpha value is -0.295. The van der Waals surface area contributed by atoms with Gasteiger partial charge in [0.05, 0.1) is 6.61 Å². The fraction of sp³-hybridized carbons (Fsp3) is 1.00. The molecule has 6 N–H and O–H groups in total. The van der Waals surface area contributed by atoms with E-state index in [1.807, 2.05) is 0 Å². The summed E-state index contributed by atoms with van der Waals surface area (Å²) in [5.41, 5.74) is 0. The Bertz CT molecular complexity index is 281. The number of aliphatic hydroxyl groups is 6. The molecule has 92 valence electrons. The Morgan fingerprint density at radius 1 is 1.06 bits per heavy atom. The van der Waals surface area contributed by atoms with Gasteiger partial charge in [-0.25, -0.2) is 0 Å². The monoisotopic (exact) mass is 238 g/mol. The minimum Gasteiger partial charge on any atom is -0.394 e. The second kappa shape index (κ2) is 3.60. The van der Waals surface area contributed by atoms with Gasteiger partial charge < -0.3 is 44.6 Å². The van der Waals surface area contributed by atoms with E-state index in [1.165, 1.54) is 0 Å². The van der Waals surface area contributed by atoms with Crippen molar-refractivity contribution in [3.63, 3.8) is 0 Å². The van der Waals surface area contributed by atoms with E-state index >= 15 is 0 Å². The molecule has 0 saturated carbocycles. The van der Waals surface area contributed by atoms with E-state index in [9.17, 15) is 20.4 Å². The molecular weight excluding hydrogens is 227 g/mol. The smallest absolute Gasteiger partial charge is 0.394 e. The molecule has 3 fully saturated rings. The molecular formula is C6H11BO9. The summed E-state index contributed by atoms with van der Waals surface area (Å²) in [5, 5.41) is 55.6. The zero-order valence-corrected chi connectivity index (χ0v) is 7.92. The van der Waals surface area contributed by atoms with Crippen molar-refractivity contribution in [1.82, 2.24) is 0 Å². The van der Waals surface area contributed by atoms with E-state index < -0.39 is 44.0 Å². The number of hydrogen-bond acceptors (Lipinski definition) is 9. The average molecular weight is 238 g/mol. The van der Waals surface area contributed by atoms with Crippen LogP contribution in [0.1, 0.15) is 0 Å². The third-order valence-corrected chi connectivity index (χ3v) is 2.55. The van der Waals surface area contributed by atoms with Gasteiger partial charge in [-0.15, -0.1) is 0 Å². The maximum Gasteiger partial charge on any atom is 0.649 e. The molecule has 0 aromatic carbocycles. The molecule has 4 atom stereocenters. The van der Waals surface area contributed by atoms with Crippen LogP contribution >= 0.6 is 0 Å². The van der Waals surface area contributed by atoms with Crippen molar-refractivity contribution in [2.24, 2.45) is 0 Å². The molecule has 3 aliphatic rings. The number of rotatable bonds is 4. The van der Waals surface area contributed by atoms with Crippen molar-refractivity contribution in [2.75, 3.05) is 6.61 Å². The van der Waals surface area contributed by atoms with Gasteiger partial charge in [-0.05, 0) is 0 Å². The van der Waals surface area contributed by atoms with Gasteiger partial charge in [0.15, 0.2) is 0 Å². The lowest BCUT2D eigenvalue weighted by Gasteiger charge is -2.39. The van der Waals surface area contributed by atoms with Crippen LogP contribution in [-0.2, 0) is 14.0 Å². The summed E-state index contributed by atoms with van der Waals surface area (Å²) >= 11 is 0. The summed E-state index contributed by atoms with van der Waals surface area (Å²) in [6.45, 7) is -0.849. The maximum absolute atomic E-state index is 9.72. The van der Waals surface area contributed by atoms with E-state index in [2.05, 4.69) is 14.0 Å². The molecule has 0 unspecified atom stereocenters. The van der Waals surface area contributed by atoms with E-state index in [0.717, 1.165) is 0 Å². The predicted molar refractivity (Wildman–Crippen MR) is 44.0 cm³/mol. The molecule has 0 aromatic rings. The molecule has 3 heterocycles. The molecule has 3 saturated heterocycles. The third-order valence-electron chi connectivity index (χ3n) is 2.55. The SMILES string of the molecule is OC[C@@H](O)[C@@H](O)[C@@H](O)[C@@]1(O)OB2OC1(O)O2. The standard InChI is InChI=1S/C6H11BO9/c8-1-2(9)3(10)4(11)5(12)6(13)15-7(14-5)16-6/h2-4,8-13H,1H2/t2-,3-,4-,5-/m1/s1. The van der Waals surface area contributed by atoms with Gasteiger partial charge in [0, 0.05) is 0 Å². The highest BCUT2D eigenvalue weighted by molar-refractivity contribution is 6.40. The van der Waals surface area contributed by atoms with Crippen molar-refractivity contribution < 1.29 is 44.6 Å². The summed E-state index contributed by atoms with van der Waals surface area (Å²) in [4.78, 5) is 0. The highest BCUT2D eigenvalue weighted by atomic mass is 17.0. The topological polar surface area (TPSA) is 149 Å². The molecule has 0 amide bonds. The first-order valence-electron chi connectivity index (χ1n) is 4.47. The maximum atomic E-state index is 9.72. The van der Waals surface area contributed by atoms with Gasteiger partial charge in [-0.2, -0.15) is 0 Å². The summed E-state index contributed by atoms with van der Waals surface area (Å²) in [6.07, 6.45) is -5.80. The van der Waals surface area contributed by atoms with Gasteiger partial charge in [0.25, 0.3) is 5.79 Å². The van der Waals surface area contributed by atoms with Crippen molar-refractivity contribution in [2.45, 2.75) is 30.1 Å². The average Bonchev–Trinajstić information content (AvgIpc) is 2.61. The van der Waals surface area contributed by atoms with Crippen molar-refractivity contribution in [3.8, 4) is 0 Å². The van der Waals surface area contributed by atoms with Gasteiger partial charge in [-0.3, -0.25) is 0 Å². The van der Waals surface area contributed by atoms with Gasteiger partial charge in [-0.1, -0.05) is 0 Å². The molecule has 0 aromatic heterocycles. The predicted octanol–water partition coefficient (Wildman–Crippen LogP) is -4.54. The third kappa shape index (κ3) is 1.40. The molecule has 16 heavy (non-hydrogen) atoms. The number of hydrogen-bond donors (Lipinski definition) is 6. The lowest BCUT2D eigenvalue weighted by molar-refractivity contribution is -0.422. The molecule has 9 nitrogen and oxygen atoms in total. The zero-order valence-electron chi connectivity index (χ0n) is 7.92. The molecule has 0 aliphatic carbocycles. The minimum absolute atomic E-state index is 0.849. The van der Waals surface area contributed by atoms with Crippen LogP contribution in [0.3, 0.4) is 0 Å². The Labute approximate surface area is 89.6 Å². The Morgan fingerprint density at radius 3 is 2.00 bits per heavy atom. The fourth-order valence-corrected chi connectivity index (χ4v) is 1.51. The van der Waals surface area contributed by atoms with Crippen LogP contribution in [0.25, 0.3) is 0 Å². The van der Waals surface area contributed by atoms with Crippen LogP contribution in [0.15, 0.2) is 0 Å². The zero-order chi connectivity index (χ0) is 12.1. The number of aliphatic hydroxyl groups excluding tert-OH is 4. The molecule has 2 bridgehead atoms. The largest absolute Gasteiger partial charge is 0.649 e. The first-order chi connectivity index (χ1) is 7.34. The second-order valence-corrected chi connectivity index (χ2v) is 3.61. The second-order valence-electron chi connectivity index (χ2n) is 3.61. The van der Waals surface area contributed by atoms with Crippen LogP contribution in [0.4, 0.5) is 0 Å². The van der Waals surface area contributed by atoms with Crippen LogP contribution in [0, 0.1) is 0 Å². The first kappa shape index (κ1) is 12.2. The highest BCUT2D eigenvalue weighted by Crippen LogP contribution is 2.47. The summed E-state index contributed by atoms with van der Waals surface area (Å²) in [5.74, 6) is -5.32. The van der Waals surface area contributed by atoms with E-state index in [1.54, 1.807) is 0 Å². The van der Waals surface area contributed by atoms with Crippen molar-refractivity contribution in [1.29, 1.82) is 0 Å². The van der Waals surface area contributed by atoms with Crippen LogP contribution < -0.4 is 0 Å². The first-order valence-corrected chi connectivity index (χ1v) is 4.47. The Morgan fingerprint density at radius 2 is 1.62 bits per heavy atom. The lowest BCUT2D eigenvalue weighted by Crippen LogP contribution is -2.66. The summed E-state index contributed by atoms with van der Waals surface area (Å²) in [6, 6.07) is 0. The minimum atomic E-state index is -2.73. The highest BCUT2D eigenvalue weighted by Gasteiger charge is 2.78. The molecule has 0 spiro atoms. The molecule has 3 rings (SSSR count). The van der Waals surface area contributed by atoms with Crippen LogP contribution in [-0.4, -0.2) is 74.6 Å². The van der Waals surface area contributed by atoms with Crippen molar-refractivity contribution >= 4 is 7.32 Å². The van der Waals surface area contributed by atoms with E-state index in [-0.39, 0.29) is 0 Å². The fourth-order valence-electron chi connectivity index (χ4n) is 1.51. The Balaban J connectivity index is 2.12. The van der Waals surface area contributed by atoms with Gasteiger partial charge in [0.1, 0.15) is 18.3 Å². The lowest BCUT2D eigenvalue weighted by atomic mass is 9.98. The Kier molecular flexibility index (Phi) is 2.74. The van der Waals surface area contributed by atoms with Crippen LogP contribution in [0.5, 0.6) is 0 Å². The van der Waals surface area contributed by atoms with Crippen LogP contribution in [0.2, 0.25) is 0 Å². The number of fused-ring (bicyclic) bond motifs is 1. The van der Waals surface area contributed by atoms with E-state index in [0.29, 0.717) is 0 Å². The normalized spacial score (nSPS) is 42.8. The van der Waals surface area contributed by atoms with Gasteiger partial charge >= 0.3 is 13.3 Å². The molecule has 3 aliphatic heterocycles. The summed E-state index contributed by atoms with van der Waals surface area (Å²) in [7, 11) is -1.34. The quantitative estimate of drug-likeness (QED) is 0.266. The molecule has 10 heteroatoms.